The molecule has 1 aromatic heterocycles. The van der Waals surface area contributed by atoms with Gasteiger partial charge in [-0.2, -0.15) is 9.57 Å². The summed E-state index contributed by atoms with van der Waals surface area (Å²) in [6, 6.07) is 6.78. The van der Waals surface area contributed by atoms with Crippen LogP contribution in [-0.4, -0.2) is 42.6 Å². The third kappa shape index (κ3) is 3.28. The third-order valence-corrected chi connectivity index (χ3v) is 5.96. The quantitative estimate of drug-likeness (QED) is 0.812. The van der Waals surface area contributed by atoms with Crippen LogP contribution in [0.2, 0.25) is 0 Å². The van der Waals surface area contributed by atoms with E-state index >= 15 is 0 Å². The lowest BCUT2D eigenvalue weighted by Gasteiger charge is -2.30. The molecule has 0 N–H and O–H groups in total. The van der Waals surface area contributed by atoms with Crippen LogP contribution >= 0.6 is 0 Å². The van der Waals surface area contributed by atoms with Crippen LogP contribution in [0, 0.1) is 18.3 Å². The summed E-state index contributed by atoms with van der Waals surface area (Å²) in [4.78, 5) is 0.00965. The fraction of sp³-hybridized carbons (Fsp3) is 0.438. The molecule has 8 nitrogen and oxygen atoms in total. The van der Waals surface area contributed by atoms with Gasteiger partial charge in [-0.1, -0.05) is 19.1 Å². The average molecular weight is 362 g/mol. The molecule has 1 atom stereocenters. The molecular formula is C16H18N4O4S. The average Bonchev–Trinajstić information content (AvgIpc) is 3.11. The van der Waals surface area contributed by atoms with E-state index in [1.807, 2.05) is 13.0 Å². The van der Waals surface area contributed by atoms with E-state index in [0.717, 1.165) is 0 Å². The van der Waals surface area contributed by atoms with Gasteiger partial charge in [0.1, 0.15) is 17.1 Å². The lowest BCUT2D eigenvalue weighted by atomic mass is 10.1. The van der Waals surface area contributed by atoms with Gasteiger partial charge in [-0.3, -0.25) is 0 Å². The molecule has 0 bridgehead atoms. The Balaban J connectivity index is 1.90. The smallest absolute Gasteiger partial charge is 0.246 e. The topological polar surface area (TPSA) is 109 Å². The molecule has 25 heavy (non-hydrogen) atoms. The van der Waals surface area contributed by atoms with Crippen molar-refractivity contribution in [2.45, 2.75) is 31.3 Å². The van der Waals surface area contributed by atoms with Gasteiger partial charge in [-0.05, 0) is 18.6 Å². The molecule has 0 spiro atoms. The number of ether oxygens (including phenoxy) is 1. The number of nitriles is 1. The van der Waals surface area contributed by atoms with Crippen molar-refractivity contribution in [2.75, 3.05) is 19.7 Å². The van der Waals surface area contributed by atoms with Crippen molar-refractivity contribution >= 4 is 10.0 Å². The number of aryl methyl sites for hydroxylation is 2. The van der Waals surface area contributed by atoms with Gasteiger partial charge in [0.05, 0.1) is 12.2 Å². The third-order valence-electron chi connectivity index (χ3n) is 4.05. The molecule has 132 valence electrons. The molecule has 0 radical (unpaired) electrons. The SMILES string of the molecule is CCc1nnc(C2CN(S(=O)(=O)c3cccc(C)c3C#N)CCO2)o1. The van der Waals surface area contributed by atoms with Crippen molar-refractivity contribution in [3.63, 3.8) is 0 Å². The maximum Gasteiger partial charge on any atom is 0.246 e. The van der Waals surface area contributed by atoms with Gasteiger partial charge in [-0.15, -0.1) is 10.2 Å². The highest BCUT2D eigenvalue weighted by Gasteiger charge is 2.35. The minimum Gasteiger partial charge on any atom is -0.422 e. The Kier molecular flexibility index (Phi) is 4.85. The van der Waals surface area contributed by atoms with Gasteiger partial charge in [0.15, 0.2) is 0 Å². The predicted octanol–water partition coefficient (Wildman–Crippen LogP) is 1.57. The molecule has 1 aliphatic heterocycles. The van der Waals surface area contributed by atoms with Crippen LogP contribution < -0.4 is 0 Å². The Morgan fingerprint density at radius 3 is 2.88 bits per heavy atom. The van der Waals surface area contributed by atoms with Crippen LogP contribution in [0.4, 0.5) is 0 Å². The van der Waals surface area contributed by atoms with Crippen molar-refractivity contribution in [3.05, 3.63) is 41.1 Å². The van der Waals surface area contributed by atoms with Gasteiger partial charge < -0.3 is 9.15 Å². The zero-order valence-corrected chi connectivity index (χ0v) is 14.8. The van der Waals surface area contributed by atoms with E-state index in [1.165, 1.54) is 10.4 Å². The Labute approximate surface area is 146 Å². The summed E-state index contributed by atoms with van der Waals surface area (Å²) in [7, 11) is -3.83. The molecule has 1 saturated heterocycles. The molecule has 0 amide bonds. The molecule has 0 aliphatic carbocycles. The summed E-state index contributed by atoms with van der Waals surface area (Å²) in [5.74, 6) is 0.741. The first kappa shape index (κ1) is 17.5. The Morgan fingerprint density at radius 2 is 2.20 bits per heavy atom. The van der Waals surface area contributed by atoms with Gasteiger partial charge >= 0.3 is 0 Å². The van der Waals surface area contributed by atoms with E-state index < -0.39 is 16.1 Å². The second kappa shape index (κ2) is 6.92. The number of nitrogens with zero attached hydrogens (tertiary/aromatic N) is 4. The Morgan fingerprint density at radius 1 is 1.40 bits per heavy atom. The number of sulfonamides is 1. The fourth-order valence-corrected chi connectivity index (χ4v) is 4.31. The summed E-state index contributed by atoms with van der Waals surface area (Å²) in [5.41, 5.74) is 0.787. The summed E-state index contributed by atoms with van der Waals surface area (Å²) < 4.78 is 38.4. The molecule has 1 fully saturated rings. The molecular weight excluding hydrogens is 344 g/mol. The van der Waals surface area contributed by atoms with Crippen molar-refractivity contribution in [3.8, 4) is 6.07 Å². The van der Waals surface area contributed by atoms with E-state index in [0.29, 0.717) is 17.9 Å². The molecule has 2 heterocycles. The maximum atomic E-state index is 13.0. The number of morpholine rings is 1. The van der Waals surface area contributed by atoms with Crippen molar-refractivity contribution < 1.29 is 17.6 Å². The molecule has 0 saturated carbocycles. The van der Waals surface area contributed by atoms with E-state index in [9.17, 15) is 13.7 Å². The Bertz CT molecular complexity index is 916. The van der Waals surface area contributed by atoms with E-state index in [2.05, 4.69) is 10.2 Å². The van der Waals surface area contributed by atoms with Crippen molar-refractivity contribution in [1.82, 2.24) is 14.5 Å². The van der Waals surface area contributed by atoms with Crippen LogP contribution in [-0.2, 0) is 21.2 Å². The molecule has 3 rings (SSSR count). The van der Waals surface area contributed by atoms with Crippen LogP contribution in [0.5, 0.6) is 0 Å². The van der Waals surface area contributed by atoms with E-state index in [4.69, 9.17) is 9.15 Å². The summed E-state index contributed by atoms with van der Waals surface area (Å²) in [6.07, 6.45) is -0.0250. The van der Waals surface area contributed by atoms with Crippen LogP contribution in [0.25, 0.3) is 0 Å². The van der Waals surface area contributed by atoms with Crippen LogP contribution in [0.15, 0.2) is 27.5 Å². The lowest BCUT2D eigenvalue weighted by Crippen LogP contribution is -2.42. The first-order valence-corrected chi connectivity index (χ1v) is 9.35. The number of hydrogen-bond donors (Lipinski definition) is 0. The summed E-state index contributed by atoms with van der Waals surface area (Å²) in [5, 5.41) is 17.1. The summed E-state index contributed by atoms with van der Waals surface area (Å²) >= 11 is 0. The number of rotatable bonds is 4. The van der Waals surface area contributed by atoms with Crippen LogP contribution in [0.3, 0.4) is 0 Å². The second-order valence-corrected chi connectivity index (χ2v) is 7.58. The first-order valence-electron chi connectivity index (χ1n) is 7.91. The van der Waals surface area contributed by atoms with Gasteiger partial charge in [0.2, 0.25) is 21.8 Å². The lowest BCUT2D eigenvalue weighted by molar-refractivity contribution is -0.0178. The van der Waals surface area contributed by atoms with Crippen molar-refractivity contribution in [2.24, 2.45) is 0 Å². The van der Waals surface area contributed by atoms with Gasteiger partial charge in [-0.25, -0.2) is 8.42 Å². The zero-order valence-electron chi connectivity index (χ0n) is 14.0. The highest BCUT2D eigenvalue weighted by Crippen LogP contribution is 2.28. The molecule has 1 aromatic carbocycles. The number of aromatic nitrogens is 2. The monoisotopic (exact) mass is 362 g/mol. The molecule has 1 aliphatic rings. The Hall–Kier alpha value is -2.28. The normalized spacial score (nSPS) is 18.8. The van der Waals surface area contributed by atoms with Gasteiger partial charge in [0, 0.05) is 19.5 Å². The predicted molar refractivity (Wildman–Crippen MR) is 87.0 cm³/mol. The minimum atomic E-state index is -3.83. The minimum absolute atomic E-state index is 0.00965. The van der Waals surface area contributed by atoms with E-state index in [-0.39, 0.29) is 36.0 Å². The molecule has 9 heteroatoms. The number of hydrogen-bond acceptors (Lipinski definition) is 7. The summed E-state index contributed by atoms with van der Waals surface area (Å²) in [6.45, 7) is 4.07. The standard InChI is InChI=1S/C16H18N4O4S/c1-3-15-18-19-16(24-15)13-10-20(7-8-23-13)25(21,22)14-6-4-5-11(2)12(14)9-17/h4-6,13H,3,7-8,10H2,1-2H3. The van der Waals surface area contributed by atoms with Crippen LogP contribution in [0.1, 0.15) is 35.9 Å². The van der Waals surface area contributed by atoms with E-state index in [1.54, 1.807) is 19.1 Å². The fourth-order valence-electron chi connectivity index (χ4n) is 2.67. The zero-order chi connectivity index (χ0) is 18.0. The first-order chi connectivity index (χ1) is 12.0. The molecule has 1 unspecified atom stereocenters. The highest BCUT2D eigenvalue weighted by atomic mass is 32.2. The number of benzene rings is 1. The highest BCUT2D eigenvalue weighted by molar-refractivity contribution is 7.89. The van der Waals surface area contributed by atoms with Gasteiger partial charge in [0.25, 0.3) is 0 Å². The largest absolute Gasteiger partial charge is 0.422 e. The van der Waals surface area contributed by atoms with Crippen molar-refractivity contribution in [1.29, 1.82) is 5.26 Å². The maximum absolute atomic E-state index is 13.0. The molecule has 2 aromatic rings. The second-order valence-electron chi connectivity index (χ2n) is 5.67.